The molecule has 176 valence electrons. The van der Waals surface area contributed by atoms with Gasteiger partial charge in [-0.3, -0.25) is 19.3 Å². The van der Waals surface area contributed by atoms with Crippen molar-refractivity contribution in [3.05, 3.63) is 0 Å². The molecule has 13 heteroatoms. The summed E-state index contributed by atoms with van der Waals surface area (Å²) in [6.45, 7) is -0.377. The molecule has 2 saturated heterocycles. The molecule has 0 saturated carbocycles. The topological polar surface area (TPSA) is 209 Å². The van der Waals surface area contributed by atoms with E-state index in [0.29, 0.717) is 25.0 Å². The maximum Gasteiger partial charge on any atom is 0.242 e. The molecule has 6 atom stereocenters. The van der Waals surface area contributed by atoms with Crippen molar-refractivity contribution in [3.63, 3.8) is 0 Å². The summed E-state index contributed by atoms with van der Waals surface area (Å²) in [5.74, 6) is -0.345. The fraction of sp³-hybridized carbons (Fsp3) is 0.778. The van der Waals surface area contributed by atoms with E-state index in [9.17, 15) is 34.8 Å². The van der Waals surface area contributed by atoms with E-state index in [-0.39, 0.29) is 37.0 Å². The van der Waals surface area contributed by atoms with E-state index in [1.807, 2.05) is 0 Å². The Morgan fingerprint density at radius 3 is 2.48 bits per heavy atom. The van der Waals surface area contributed by atoms with Crippen LogP contribution in [0.4, 0.5) is 0 Å². The van der Waals surface area contributed by atoms with Gasteiger partial charge in [0.2, 0.25) is 17.7 Å². The molecule has 0 spiro atoms. The number of likely N-dealkylation sites (tertiary alicyclic amines) is 1. The molecule has 2 heterocycles. The molecule has 0 aromatic rings. The zero-order valence-electron chi connectivity index (χ0n) is 17.0. The number of hydrogen-bond donors (Lipinski definition) is 6. The van der Waals surface area contributed by atoms with Gasteiger partial charge >= 0.3 is 0 Å². The van der Waals surface area contributed by atoms with Crippen LogP contribution in [0.25, 0.3) is 0 Å². The summed E-state index contributed by atoms with van der Waals surface area (Å²) in [5.41, 5.74) is 10.9. The molecule has 3 amide bonds. The zero-order chi connectivity index (χ0) is 23.1. The molecule has 0 aromatic heterocycles. The van der Waals surface area contributed by atoms with Crippen molar-refractivity contribution < 1.29 is 39.5 Å². The van der Waals surface area contributed by atoms with Gasteiger partial charge in [-0.1, -0.05) is 0 Å². The number of amides is 3. The average molecular weight is 463 g/mol. The minimum absolute atomic E-state index is 0.106. The Hall–Kier alpha value is -1.77. The van der Waals surface area contributed by atoms with Crippen molar-refractivity contribution in [2.45, 2.75) is 68.0 Å². The van der Waals surface area contributed by atoms with Crippen molar-refractivity contribution in [2.24, 2.45) is 16.5 Å². The first kappa shape index (κ1) is 25.5. The largest absolute Gasteiger partial charge is 0.394 e. The maximum absolute atomic E-state index is 12.3. The summed E-state index contributed by atoms with van der Waals surface area (Å²) in [4.78, 5) is 40.3. The smallest absolute Gasteiger partial charge is 0.242 e. The van der Waals surface area contributed by atoms with Gasteiger partial charge < -0.3 is 36.6 Å². The molecule has 31 heavy (non-hydrogen) atoms. The molecule has 0 bridgehead atoms. The molecule has 0 radical (unpaired) electrons. The molecule has 0 aliphatic carbocycles. The van der Waals surface area contributed by atoms with E-state index in [1.54, 1.807) is 0 Å². The molecule has 12 nitrogen and oxygen atoms in total. The summed E-state index contributed by atoms with van der Waals surface area (Å²) in [7, 11) is 0. The van der Waals surface area contributed by atoms with Gasteiger partial charge in [-0.2, -0.15) is 0 Å². The van der Waals surface area contributed by atoms with Gasteiger partial charge in [0, 0.05) is 25.8 Å². The van der Waals surface area contributed by atoms with Crippen LogP contribution >= 0.6 is 11.8 Å². The molecule has 2 aliphatic rings. The second-order valence-electron chi connectivity index (χ2n) is 7.46. The Morgan fingerprint density at radius 2 is 1.84 bits per heavy atom. The van der Waals surface area contributed by atoms with Gasteiger partial charge in [0.15, 0.2) is 6.23 Å². The second kappa shape index (κ2) is 11.7. The number of aliphatic hydroxyl groups excluding tert-OH is 4. The average Bonchev–Trinajstić information content (AvgIpc) is 2.98. The van der Waals surface area contributed by atoms with Crippen LogP contribution < -0.4 is 11.5 Å². The molecule has 2 rings (SSSR count). The predicted molar refractivity (Wildman–Crippen MR) is 111 cm³/mol. The number of aliphatic imine (C=N–C) groups is 1. The number of thioether (sulfide) groups is 1. The Bertz CT molecular complexity index is 691. The highest BCUT2D eigenvalue weighted by Crippen LogP contribution is 2.26. The van der Waals surface area contributed by atoms with E-state index >= 15 is 0 Å². The predicted octanol–water partition coefficient (Wildman–Crippen LogP) is -2.95. The number of amidine groups is 1. The quantitative estimate of drug-likeness (QED) is 0.0795. The number of nitrogens with zero attached hydrogens (tertiary/aromatic N) is 2. The van der Waals surface area contributed by atoms with E-state index in [4.69, 9.17) is 16.2 Å². The number of imide groups is 1. The highest BCUT2D eigenvalue weighted by Gasteiger charge is 2.43. The summed E-state index contributed by atoms with van der Waals surface area (Å²) in [5, 5.41) is 38.2. The lowest BCUT2D eigenvalue weighted by Gasteiger charge is -2.38. The number of hydrogen-bond acceptors (Lipinski definition) is 10. The minimum atomic E-state index is -1.53. The van der Waals surface area contributed by atoms with Gasteiger partial charge in [0.05, 0.1) is 17.7 Å². The molecule has 0 aromatic carbocycles. The van der Waals surface area contributed by atoms with Crippen LogP contribution in [0.3, 0.4) is 0 Å². The molecule has 8 N–H and O–H groups in total. The fourth-order valence-electron chi connectivity index (χ4n) is 3.32. The Labute approximate surface area is 183 Å². The van der Waals surface area contributed by atoms with Gasteiger partial charge in [-0.15, -0.1) is 11.8 Å². The van der Waals surface area contributed by atoms with Gasteiger partial charge in [0.1, 0.15) is 24.4 Å². The van der Waals surface area contributed by atoms with Crippen molar-refractivity contribution in [1.29, 1.82) is 0 Å². The Morgan fingerprint density at radius 1 is 1.13 bits per heavy atom. The summed E-state index contributed by atoms with van der Waals surface area (Å²) in [6.07, 6.45) is -5.35. The van der Waals surface area contributed by atoms with Crippen molar-refractivity contribution in [1.82, 2.24) is 4.90 Å². The number of primary amides is 1. The van der Waals surface area contributed by atoms with Crippen LogP contribution in [-0.4, -0.2) is 104 Å². The molecule has 1 unspecified atom stereocenters. The number of ether oxygens (including phenoxy) is 1. The van der Waals surface area contributed by atoms with Crippen LogP contribution in [0.1, 0.15) is 32.1 Å². The molecule has 2 fully saturated rings. The first-order valence-corrected chi connectivity index (χ1v) is 11.1. The van der Waals surface area contributed by atoms with Crippen molar-refractivity contribution in [2.75, 3.05) is 18.9 Å². The lowest BCUT2D eigenvalue weighted by molar-refractivity contribution is -0.226. The third-order valence-corrected chi connectivity index (χ3v) is 6.36. The van der Waals surface area contributed by atoms with Crippen molar-refractivity contribution >= 4 is 35.3 Å². The third kappa shape index (κ3) is 6.85. The summed E-state index contributed by atoms with van der Waals surface area (Å²) >= 11 is 1.33. The third-order valence-electron chi connectivity index (χ3n) is 5.06. The van der Waals surface area contributed by atoms with Gasteiger partial charge in [-0.25, -0.2) is 4.99 Å². The molecular formula is C18H30N4O8S. The lowest BCUT2D eigenvalue weighted by atomic mass is 9.98. The lowest BCUT2D eigenvalue weighted by Crippen LogP contribution is -2.58. The number of nitrogens with two attached hydrogens (primary N) is 2. The maximum atomic E-state index is 12.3. The first-order chi connectivity index (χ1) is 14.6. The summed E-state index contributed by atoms with van der Waals surface area (Å²) < 4.78 is 5.27. The van der Waals surface area contributed by atoms with E-state index in [1.165, 1.54) is 11.8 Å². The van der Waals surface area contributed by atoms with E-state index in [2.05, 4.69) is 4.99 Å². The number of rotatable bonds is 11. The van der Waals surface area contributed by atoms with Crippen LogP contribution in [-0.2, 0) is 19.1 Å². The number of aliphatic hydroxyl groups is 4. The second-order valence-corrected chi connectivity index (χ2v) is 8.77. The molecule has 2 aliphatic heterocycles. The fourth-order valence-corrected chi connectivity index (χ4v) is 4.45. The molecular weight excluding hydrogens is 432 g/mol. The van der Waals surface area contributed by atoms with Gasteiger partial charge in [-0.05, 0) is 18.6 Å². The van der Waals surface area contributed by atoms with E-state index < -0.39 is 48.4 Å². The number of carbonyl (C=O) groups is 3. The van der Waals surface area contributed by atoms with Crippen LogP contribution in [0, 0.1) is 0 Å². The summed E-state index contributed by atoms with van der Waals surface area (Å²) in [6, 6.07) is 0. The zero-order valence-corrected chi connectivity index (χ0v) is 17.8. The highest BCUT2D eigenvalue weighted by atomic mass is 32.2. The highest BCUT2D eigenvalue weighted by molar-refractivity contribution is 8.00. The first-order valence-electron chi connectivity index (χ1n) is 10.0. The Kier molecular flexibility index (Phi) is 9.65. The Balaban J connectivity index is 1.76. The number of carbonyl (C=O) groups excluding carboxylic acids is 3. The van der Waals surface area contributed by atoms with Crippen LogP contribution in [0.15, 0.2) is 4.99 Å². The monoisotopic (exact) mass is 462 g/mol. The van der Waals surface area contributed by atoms with Gasteiger partial charge in [0.25, 0.3) is 0 Å². The van der Waals surface area contributed by atoms with Crippen LogP contribution in [0.5, 0.6) is 0 Å². The van der Waals surface area contributed by atoms with Crippen molar-refractivity contribution in [3.8, 4) is 0 Å². The SMILES string of the molecule is NC(=O)CCCN1C(=O)CC(SCCC/C(N)=N/[C@@H]2O[C@H](CO)[C@@H](O)[C@H](O)[C@H]2O)C1=O. The van der Waals surface area contributed by atoms with Crippen LogP contribution in [0.2, 0.25) is 0 Å². The van der Waals surface area contributed by atoms with E-state index in [0.717, 1.165) is 4.90 Å². The minimum Gasteiger partial charge on any atom is -0.394 e. The standard InChI is InChI=1S/C18H30N4O8S/c19-11(21-17-16(28)15(27)14(26)9(8-23)30-17)3-2-6-31-10-7-13(25)22(18(10)29)5-1-4-12(20)24/h9-10,14-17,23,26-28H,1-8H2,(H2,19,21)(H2,20,24)/t9-,10?,14-,15+,16-,17-/m1/s1. The normalized spacial score (nSPS) is 32.0.